The first-order valence-corrected chi connectivity index (χ1v) is 8.00. The lowest BCUT2D eigenvalue weighted by atomic mass is 10.1. The van der Waals surface area contributed by atoms with Crippen LogP contribution in [0.25, 0.3) is 0 Å². The van der Waals surface area contributed by atoms with Gasteiger partial charge in [-0.1, -0.05) is 0 Å². The van der Waals surface area contributed by atoms with Gasteiger partial charge in [-0.05, 0) is 60.3 Å². The maximum Gasteiger partial charge on any atom is 0.407 e. The normalized spacial score (nSPS) is 24.9. The number of hydrogen-bond donors (Lipinski definition) is 3. The highest BCUT2D eigenvalue weighted by Gasteiger charge is 2.35. The lowest BCUT2D eigenvalue weighted by Gasteiger charge is -2.23. The van der Waals surface area contributed by atoms with Crippen LogP contribution in [0.4, 0.5) is 9.59 Å². The third-order valence-electron chi connectivity index (χ3n) is 3.26. The van der Waals surface area contributed by atoms with Crippen molar-refractivity contribution in [1.82, 2.24) is 10.6 Å². The lowest BCUT2D eigenvalue weighted by molar-refractivity contribution is 0.0448. The predicted octanol–water partition coefficient (Wildman–Crippen LogP) is 2.18. The Morgan fingerprint density at radius 3 is 2.04 bits per heavy atom. The fourth-order valence-corrected chi connectivity index (χ4v) is 2.44. The summed E-state index contributed by atoms with van der Waals surface area (Å²) < 4.78 is 10.4. The Morgan fingerprint density at radius 2 is 1.52 bits per heavy atom. The van der Waals surface area contributed by atoms with Gasteiger partial charge in [0.1, 0.15) is 11.2 Å². The maximum atomic E-state index is 11.8. The van der Waals surface area contributed by atoms with Crippen molar-refractivity contribution >= 4 is 12.2 Å². The molecule has 0 aromatic carbocycles. The summed E-state index contributed by atoms with van der Waals surface area (Å²) in [6.07, 6.45) is -0.572. The number of carbonyl (C=O) groups is 2. The molecule has 23 heavy (non-hydrogen) atoms. The molecular formula is C16H30N2O5. The van der Waals surface area contributed by atoms with Crippen LogP contribution in [0.5, 0.6) is 0 Å². The second-order valence-corrected chi connectivity index (χ2v) is 8.04. The highest BCUT2D eigenvalue weighted by molar-refractivity contribution is 5.68. The van der Waals surface area contributed by atoms with E-state index in [4.69, 9.17) is 9.47 Å². The number of carbonyl (C=O) groups excluding carboxylic acids is 2. The number of alkyl carbamates (subject to hydrolysis) is 2. The van der Waals surface area contributed by atoms with Gasteiger partial charge in [-0.2, -0.15) is 0 Å². The van der Waals surface area contributed by atoms with Crippen molar-refractivity contribution in [3.05, 3.63) is 0 Å². The number of aliphatic hydroxyl groups is 1. The molecule has 0 spiro atoms. The van der Waals surface area contributed by atoms with Gasteiger partial charge in [0.25, 0.3) is 0 Å². The zero-order valence-corrected chi connectivity index (χ0v) is 14.9. The van der Waals surface area contributed by atoms with Gasteiger partial charge in [0.2, 0.25) is 0 Å². The predicted molar refractivity (Wildman–Crippen MR) is 86.1 cm³/mol. The molecule has 2 amide bonds. The molecule has 1 rings (SSSR count). The monoisotopic (exact) mass is 330 g/mol. The largest absolute Gasteiger partial charge is 0.444 e. The van der Waals surface area contributed by atoms with Gasteiger partial charge in [0.15, 0.2) is 0 Å². The van der Waals surface area contributed by atoms with E-state index in [0.29, 0.717) is 19.4 Å². The van der Waals surface area contributed by atoms with Crippen LogP contribution in [-0.4, -0.2) is 47.2 Å². The lowest BCUT2D eigenvalue weighted by Crippen LogP contribution is -2.42. The SMILES string of the molecule is CC(C)(C)OC(=O)NC[C@@H]1C[C@@H](O)[C@H](NC(=O)OC(C)(C)C)C1. The standard InChI is InChI=1S/C16H30N2O5/c1-15(2,3)22-13(20)17-9-10-7-11(12(19)8-10)18-14(21)23-16(4,5)6/h10-12,19H,7-9H2,1-6H3,(H,17,20)(H,18,21)/t10-,11+,12+/m0/s1. The Kier molecular flexibility index (Phi) is 6.27. The summed E-state index contributed by atoms with van der Waals surface area (Å²) >= 11 is 0. The molecule has 7 nitrogen and oxygen atoms in total. The van der Waals surface area contributed by atoms with Crippen LogP contribution >= 0.6 is 0 Å². The average molecular weight is 330 g/mol. The molecule has 0 heterocycles. The molecule has 0 bridgehead atoms. The number of hydrogen-bond acceptors (Lipinski definition) is 5. The van der Waals surface area contributed by atoms with Crippen molar-refractivity contribution in [3.63, 3.8) is 0 Å². The minimum atomic E-state index is -0.645. The molecule has 1 aliphatic carbocycles. The quantitative estimate of drug-likeness (QED) is 0.737. The van der Waals surface area contributed by atoms with Crippen molar-refractivity contribution < 1.29 is 24.2 Å². The van der Waals surface area contributed by atoms with Gasteiger partial charge in [0.05, 0.1) is 12.1 Å². The molecule has 0 radical (unpaired) electrons. The van der Waals surface area contributed by atoms with Crippen LogP contribution in [0.1, 0.15) is 54.4 Å². The Hall–Kier alpha value is -1.50. The van der Waals surface area contributed by atoms with Gasteiger partial charge < -0.3 is 25.2 Å². The number of ether oxygens (including phenoxy) is 2. The summed E-state index contributed by atoms with van der Waals surface area (Å²) in [6.45, 7) is 11.1. The molecule has 1 saturated carbocycles. The van der Waals surface area contributed by atoms with Gasteiger partial charge >= 0.3 is 12.2 Å². The Balaban J connectivity index is 2.37. The molecule has 1 fully saturated rings. The van der Waals surface area contributed by atoms with Crippen molar-refractivity contribution in [1.29, 1.82) is 0 Å². The average Bonchev–Trinajstić information content (AvgIpc) is 2.62. The fourth-order valence-electron chi connectivity index (χ4n) is 2.44. The van der Waals surface area contributed by atoms with Crippen LogP contribution < -0.4 is 10.6 Å². The van der Waals surface area contributed by atoms with E-state index < -0.39 is 29.5 Å². The third-order valence-corrected chi connectivity index (χ3v) is 3.26. The Labute approximate surface area is 138 Å². The fraction of sp³-hybridized carbons (Fsp3) is 0.875. The van der Waals surface area contributed by atoms with Gasteiger partial charge in [-0.25, -0.2) is 9.59 Å². The number of aliphatic hydroxyl groups excluding tert-OH is 1. The second-order valence-electron chi connectivity index (χ2n) is 8.04. The van der Waals surface area contributed by atoms with Gasteiger partial charge in [0, 0.05) is 6.54 Å². The second kappa shape index (κ2) is 7.38. The van der Waals surface area contributed by atoms with Gasteiger partial charge in [-0.3, -0.25) is 0 Å². The van der Waals surface area contributed by atoms with E-state index >= 15 is 0 Å². The zero-order valence-electron chi connectivity index (χ0n) is 14.9. The van der Waals surface area contributed by atoms with Crippen LogP contribution in [0, 0.1) is 5.92 Å². The minimum absolute atomic E-state index is 0.0810. The van der Waals surface area contributed by atoms with Crippen LogP contribution in [0.2, 0.25) is 0 Å². The van der Waals surface area contributed by atoms with E-state index in [-0.39, 0.29) is 12.0 Å². The molecule has 134 valence electrons. The molecule has 7 heteroatoms. The molecule has 3 atom stereocenters. The molecular weight excluding hydrogens is 300 g/mol. The summed E-state index contributed by atoms with van der Waals surface area (Å²) in [5.74, 6) is 0.0810. The van der Waals surface area contributed by atoms with E-state index in [1.165, 1.54) is 0 Å². The molecule has 3 N–H and O–H groups in total. The third kappa shape index (κ3) is 8.06. The number of amides is 2. The van der Waals surface area contributed by atoms with Crippen molar-refractivity contribution in [2.75, 3.05) is 6.54 Å². The molecule has 0 aromatic rings. The number of rotatable bonds is 3. The molecule has 0 unspecified atom stereocenters. The summed E-state index contributed by atoms with van der Waals surface area (Å²) in [4.78, 5) is 23.4. The highest BCUT2D eigenvalue weighted by atomic mass is 16.6. The van der Waals surface area contributed by atoms with Crippen molar-refractivity contribution in [2.24, 2.45) is 5.92 Å². The van der Waals surface area contributed by atoms with E-state index in [1.807, 2.05) is 0 Å². The van der Waals surface area contributed by atoms with E-state index in [2.05, 4.69) is 10.6 Å². The molecule has 0 aliphatic heterocycles. The van der Waals surface area contributed by atoms with Crippen molar-refractivity contribution in [3.8, 4) is 0 Å². The molecule has 1 aliphatic rings. The van der Waals surface area contributed by atoms with E-state index in [0.717, 1.165) is 0 Å². The van der Waals surface area contributed by atoms with Crippen LogP contribution in [0.15, 0.2) is 0 Å². The van der Waals surface area contributed by atoms with Crippen LogP contribution in [-0.2, 0) is 9.47 Å². The first-order chi connectivity index (χ1) is 10.4. The summed E-state index contributed by atoms with van der Waals surface area (Å²) in [6, 6.07) is -0.365. The summed E-state index contributed by atoms with van der Waals surface area (Å²) in [5, 5.41) is 15.4. The number of nitrogens with one attached hydrogen (secondary N) is 2. The Bertz CT molecular complexity index is 425. The first kappa shape index (κ1) is 19.5. The van der Waals surface area contributed by atoms with Crippen LogP contribution in [0.3, 0.4) is 0 Å². The van der Waals surface area contributed by atoms with E-state index in [9.17, 15) is 14.7 Å². The topological polar surface area (TPSA) is 96.9 Å². The summed E-state index contributed by atoms with van der Waals surface area (Å²) in [7, 11) is 0. The summed E-state index contributed by atoms with van der Waals surface area (Å²) in [5.41, 5.74) is -1.12. The minimum Gasteiger partial charge on any atom is -0.444 e. The van der Waals surface area contributed by atoms with E-state index in [1.54, 1.807) is 41.5 Å². The molecule has 0 saturated heterocycles. The maximum absolute atomic E-state index is 11.8. The van der Waals surface area contributed by atoms with Crippen molar-refractivity contribution in [2.45, 2.75) is 77.7 Å². The Morgan fingerprint density at radius 1 is 1.00 bits per heavy atom. The molecule has 0 aromatic heterocycles. The van der Waals surface area contributed by atoms with Gasteiger partial charge in [-0.15, -0.1) is 0 Å². The first-order valence-electron chi connectivity index (χ1n) is 8.00. The highest BCUT2D eigenvalue weighted by Crippen LogP contribution is 2.26. The zero-order chi connectivity index (χ0) is 17.8. The smallest absolute Gasteiger partial charge is 0.407 e.